The fourth-order valence-electron chi connectivity index (χ4n) is 5.41. The van der Waals surface area contributed by atoms with Crippen LogP contribution >= 0.6 is 11.9 Å². The number of fused-ring (bicyclic) bond motifs is 4. The molecule has 1 aromatic heterocycles. The summed E-state index contributed by atoms with van der Waals surface area (Å²) >= 11 is 1.34. The van der Waals surface area contributed by atoms with E-state index in [9.17, 15) is 4.79 Å². The van der Waals surface area contributed by atoms with Crippen molar-refractivity contribution in [2.75, 3.05) is 37.4 Å². The number of hydrogen-bond acceptors (Lipinski definition) is 8. The Hall–Kier alpha value is -3.33. The number of ether oxygens (including phenoxy) is 2. The number of nitrogens with one attached hydrogen (secondary N) is 2. The Labute approximate surface area is 214 Å². The van der Waals surface area contributed by atoms with Crippen molar-refractivity contribution in [2.24, 2.45) is 0 Å². The Morgan fingerprint density at radius 2 is 1.94 bits per heavy atom. The molecule has 2 aromatic carbocycles. The molecule has 1 saturated heterocycles. The van der Waals surface area contributed by atoms with Crippen molar-refractivity contribution >= 4 is 29.4 Å². The SMILES string of the molecule is CNC(=O)c1cc(OC)c(SNc2noc3c2CC2(CC2)c2ccc(N4CCC4C)cc2-3)c(OC)c1. The molecule has 2 heterocycles. The van der Waals surface area contributed by atoms with Crippen molar-refractivity contribution in [1.82, 2.24) is 10.5 Å². The first kappa shape index (κ1) is 23.1. The van der Waals surface area contributed by atoms with Crippen LogP contribution in [0.25, 0.3) is 11.3 Å². The number of anilines is 2. The van der Waals surface area contributed by atoms with Gasteiger partial charge in [0.25, 0.3) is 5.91 Å². The summed E-state index contributed by atoms with van der Waals surface area (Å²) in [7, 11) is 4.75. The summed E-state index contributed by atoms with van der Waals surface area (Å²) in [5.74, 6) is 2.45. The van der Waals surface area contributed by atoms with Crippen molar-refractivity contribution in [3.63, 3.8) is 0 Å². The number of methoxy groups -OCH3 is 2. The number of carbonyl (C=O) groups is 1. The fraction of sp³-hybridized carbons (Fsp3) is 0.407. The van der Waals surface area contributed by atoms with Gasteiger partial charge in [0.15, 0.2) is 11.6 Å². The number of amides is 1. The lowest BCUT2D eigenvalue weighted by molar-refractivity contribution is 0.0962. The Morgan fingerprint density at radius 3 is 2.53 bits per heavy atom. The van der Waals surface area contributed by atoms with Gasteiger partial charge >= 0.3 is 0 Å². The van der Waals surface area contributed by atoms with Crippen LogP contribution < -0.4 is 24.4 Å². The van der Waals surface area contributed by atoms with Crippen LogP contribution in [0.5, 0.6) is 11.5 Å². The van der Waals surface area contributed by atoms with Gasteiger partial charge in [-0.05, 0) is 74.4 Å². The van der Waals surface area contributed by atoms with E-state index < -0.39 is 0 Å². The largest absolute Gasteiger partial charge is 0.495 e. The van der Waals surface area contributed by atoms with Crippen molar-refractivity contribution in [3.05, 3.63) is 47.0 Å². The summed E-state index contributed by atoms with van der Waals surface area (Å²) in [6, 6.07) is 10.8. The van der Waals surface area contributed by atoms with Gasteiger partial charge in [0.05, 0.1) is 14.2 Å². The minimum atomic E-state index is -0.206. The molecule has 1 atom stereocenters. The molecule has 0 bridgehead atoms. The third-order valence-electron chi connectivity index (χ3n) is 7.83. The third kappa shape index (κ3) is 3.59. The van der Waals surface area contributed by atoms with E-state index >= 15 is 0 Å². The molecule has 1 spiro atoms. The summed E-state index contributed by atoms with van der Waals surface area (Å²) in [4.78, 5) is 15.3. The zero-order valence-corrected chi connectivity index (χ0v) is 21.8. The van der Waals surface area contributed by atoms with Crippen LogP contribution in [0.4, 0.5) is 11.5 Å². The average molecular weight is 507 g/mol. The van der Waals surface area contributed by atoms with E-state index in [1.165, 1.54) is 48.0 Å². The van der Waals surface area contributed by atoms with E-state index in [0.717, 1.165) is 29.2 Å². The maximum Gasteiger partial charge on any atom is 0.251 e. The van der Waals surface area contributed by atoms with Gasteiger partial charge in [-0.3, -0.25) is 4.79 Å². The van der Waals surface area contributed by atoms with Crippen LogP contribution in [-0.2, 0) is 11.8 Å². The van der Waals surface area contributed by atoms with Gasteiger partial charge in [-0.1, -0.05) is 11.2 Å². The molecule has 6 rings (SSSR count). The van der Waals surface area contributed by atoms with Crippen LogP contribution in [0, 0.1) is 0 Å². The number of benzene rings is 2. The third-order valence-corrected chi connectivity index (χ3v) is 8.73. The summed E-state index contributed by atoms with van der Waals surface area (Å²) in [5, 5.41) is 7.07. The fourth-order valence-corrected chi connectivity index (χ4v) is 6.26. The summed E-state index contributed by atoms with van der Waals surface area (Å²) < 4.78 is 20.5. The molecular weight excluding hydrogens is 476 g/mol. The Morgan fingerprint density at radius 1 is 1.19 bits per heavy atom. The summed E-state index contributed by atoms with van der Waals surface area (Å²) in [5.41, 5.74) is 5.56. The zero-order valence-electron chi connectivity index (χ0n) is 20.9. The minimum absolute atomic E-state index is 0.179. The highest BCUT2D eigenvalue weighted by molar-refractivity contribution is 8.00. The predicted molar refractivity (Wildman–Crippen MR) is 140 cm³/mol. The second-order valence-corrected chi connectivity index (χ2v) is 10.7. The molecule has 8 nitrogen and oxygen atoms in total. The maximum absolute atomic E-state index is 12.2. The smallest absolute Gasteiger partial charge is 0.251 e. The van der Waals surface area contributed by atoms with Gasteiger partial charge in [0.1, 0.15) is 16.4 Å². The number of hydrogen-bond donors (Lipinski definition) is 2. The number of nitrogens with zero attached hydrogens (tertiary/aromatic N) is 2. The molecule has 1 unspecified atom stereocenters. The predicted octanol–water partition coefficient (Wildman–Crippen LogP) is 5.02. The van der Waals surface area contributed by atoms with Gasteiger partial charge in [0, 0.05) is 47.4 Å². The zero-order chi connectivity index (χ0) is 25.0. The molecule has 188 valence electrons. The van der Waals surface area contributed by atoms with E-state index in [0.29, 0.717) is 28.9 Å². The average Bonchev–Trinajstić information content (AvgIpc) is 3.55. The van der Waals surface area contributed by atoms with E-state index in [4.69, 9.17) is 14.0 Å². The van der Waals surface area contributed by atoms with E-state index in [2.05, 4.69) is 45.2 Å². The van der Waals surface area contributed by atoms with Crippen molar-refractivity contribution in [2.45, 2.75) is 49.0 Å². The second kappa shape index (κ2) is 8.65. The molecule has 36 heavy (non-hydrogen) atoms. The molecule has 3 aromatic rings. The molecule has 1 amide bonds. The van der Waals surface area contributed by atoms with Crippen LogP contribution in [0.1, 0.15) is 47.7 Å². The van der Waals surface area contributed by atoms with Crippen LogP contribution in [0.3, 0.4) is 0 Å². The standard InChI is InChI=1S/C27H30N4O4S/c1-15-7-10-31(15)17-5-6-20-18(13-17)23-19(14-27(20)8-9-27)25(29-35-23)30-36-24-21(33-3)11-16(26(32)28-2)12-22(24)34-4/h5-6,11-13,15H,7-10,14H2,1-4H3,(H,28,32)(H,29,30). The Kier molecular flexibility index (Phi) is 5.55. The van der Waals surface area contributed by atoms with Crippen molar-refractivity contribution in [3.8, 4) is 22.8 Å². The first-order chi connectivity index (χ1) is 17.5. The highest BCUT2D eigenvalue weighted by Crippen LogP contribution is 2.59. The van der Waals surface area contributed by atoms with E-state index in [-0.39, 0.29) is 11.3 Å². The normalized spacial score (nSPS) is 18.7. The minimum Gasteiger partial charge on any atom is -0.495 e. The molecule has 0 radical (unpaired) electrons. The highest BCUT2D eigenvalue weighted by Gasteiger charge is 2.50. The lowest BCUT2D eigenvalue weighted by atomic mass is 9.79. The quantitative estimate of drug-likeness (QED) is 0.432. The van der Waals surface area contributed by atoms with E-state index in [1.54, 1.807) is 33.4 Å². The molecule has 1 saturated carbocycles. The molecule has 2 fully saturated rings. The Bertz CT molecular complexity index is 1320. The first-order valence-electron chi connectivity index (χ1n) is 12.3. The topological polar surface area (TPSA) is 88.9 Å². The van der Waals surface area contributed by atoms with Crippen molar-refractivity contribution in [1.29, 1.82) is 0 Å². The van der Waals surface area contributed by atoms with Gasteiger partial charge in [-0.15, -0.1) is 0 Å². The molecule has 2 aliphatic carbocycles. The van der Waals surface area contributed by atoms with Gasteiger partial charge in [0.2, 0.25) is 0 Å². The molecular formula is C27H30N4O4S. The second-order valence-electron chi connectivity index (χ2n) is 9.85. The van der Waals surface area contributed by atoms with Crippen LogP contribution in [0.2, 0.25) is 0 Å². The van der Waals surface area contributed by atoms with Crippen LogP contribution in [0.15, 0.2) is 39.8 Å². The molecule has 1 aliphatic heterocycles. The summed E-state index contributed by atoms with van der Waals surface area (Å²) in [6.07, 6.45) is 4.50. The maximum atomic E-state index is 12.2. The molecule has 2 N–H and O–H groups in total. The van der Waals surface area contributed by atoms with Crippen LogP contribution in [-0.4, -0.2) is 44.9 Å². The van der Waals surface area contributed by atoms with E-state index in [1.807, 2.05) is 0 Å². The number of carbonyl (C=O) groups excluding carboxylic acids is 1. The first-order valence-corrected chi connectivity index (χ1v) is 13.1. The molecule has 9 heteroatoms. The number of rotatable bonds is 7. The van der Waals surface area contributed by atoms with Gasteiger partial charge in [-0.2, -0.15) is 0 Å². The van der Waals surface area contributed by atoms with Gasteiger partial charge < -0.3 is 28.9 Å². The van der Waals surface area contributed by atoms with Gasteiger partial charge in [-0.25, -0.2) is 0 Å². The lowest BCUT2D eigenvalue weighted by Crippen LogP contribution is -2.45. The highest BCUT2D eigenvalue weighted by atomic mass is 32.2. The number of aromatic nitrogens is 1. The lowest BCUT2D eigenvalue weighted by Gasteiger charge is -2.41. The van der Waals surface area contributed by atoms with Crippen molar-refractivity contribution < 1.29 is 18.8 Å². The monoisotopic (exact) mass is 506 g/mol. The summed E-state index contributed by atoms with van der Waals surface area (Å²) in [6.45, 7) is 3.37. The molecule has 3 aliphatic rings. The Balaban J connectivity index is 1.32.